The van der Waals surface area contributed by atoms with Gasteiger partial charge in [0.25, 0.3) is 11.8 Å². The van der Waals surface area contributed by atoms with Crippen LogP contribution >= 0.6 is 24.0 Å². The Balaban J connectivity index is 2.09. The molecule has 0 unspecified atom stereocenters. The Morgan fingerprint density at radius 3 is 2.38 bits per heavy atom. The third-order valence-electron chi connectivity index (χ3n) is 3.77. The molecule has 0 bridgehead atoms. The van der Waals surface area contributed by atoms with E-state index in [1.165, 1.54) is 16.7 Å². The van der Waals surface area contributed by atoms with Gasteiger partial charge in [0.1, 0.15) is 10.4 Å². The fourth-order valence-electron chi connectivity index (χ4n) is 2.36. The molecule has 0 saturated carbocycles. The lowest BCUT2D eigenvalue weighted by Crippen LogP contribution is -2.41. The van der Waals surface area contributed by atoms with E-state index in [0.717, 1.165) is 5.56 Å². The molecule has 0 radical (unpaired) electrons. The van der Waals surface area contributed by atoms with Gasteiger partial charge in [-0.1, -0.05) is 50.0 Å². The molecule has 2 amide bonds. The minimum atomic E-state index is -1.05. The van der Waals surface area contributed by atoms with Crippen LogP contribution in [0.5, 0.6) is 0 Å². The predicted octanol–water partition coefficient (Wildman–Crippen LogP) is 2.75. The van der Waals surface area contributed by atoms with Crippen molar-refractivity contribution in [3.63, 3.8) is 0 Å². The first-order chi connectivity index (χ1) is 12.2. The van der Waals surface area contributed by atoms with Gasteiger partial charge in [0.05, 0.1) is 4.91 Å². The highest BCUT2D eigenvalue weighted by Crippen LogP contribution is 2.31. The molecule has 1 atom stereocenters. The zero-order valence-electron chi connectivity index (χ0n) is 14.7. The third kappa shape index (κ3) is 4.92. The number of carboxylic acid groups (broad SMARTS) is 1. The second kappa shape index (κ2) is 8.46. The summed E-state index contributed by atoms with van der Waals surface area (Å²) in [5.41, 5.74) is 1.12. The van der Waals surface area contributed by atoms with Crippen LogP contribution in [0, 0.1) is 5.92 Å². The van der Waals surface area contributed by atoms with Crippen LogP contribution in [0.4, 0.5) is 0 Å². The van der Waals surface area contributed by atoms with Gasteiger partial charge in [0.2, 0.25) is 0 Å². The molecular formula is C18H20N2O4S2. The van der Waals surface area contributed by atoms with Gasteiger partial charge in [-0.15, -0.1) is 0 Å². The van der Waals surface area contributed by atoms with Crippen LogP contribution in [-0.2, 0) is 9.59 Å². The number of hydrogen-bond acceptors (Lipinski definition) is 5. The van der Waals surface area contributed by atoms with Gasteiger partial charge in [0.15, 0.2) is 0 Å². The number of nitrogens with one attached hydrogen (secondary N) is 1. The number of thiocarbonyl (C=S) groups is 1. The molecular weight excluding hydrogens is 372 g/mol. The first-order valence-corrected chi connectivity index (χ1v) is 9.26. The quantitative estimate of drug-likeness (QED) is 0.572. The Morgan fingerprint density at radius 1 is 1.31 bits per heavy atom. The summed E-state index contributed by atoms with van der Waals surface area (Å²) >= 11 is 6.31. The van der Waals surface area contributed by atoms with Gasteiger partial charge in [-0.3, -0.25) is 14.5 Å². The van der Waals surface area contributed by atoms with Crippen LogP contribution in [0.2, 0.25) is 0 Å². The molecule has 26 heavy (non-hydrogen) atoms. The lowest BCUT2D eigenvalue weighted by molar-refractivity contribution is -0.139. The summed E-state index contributed by atoms with van der Waals surface area (Å²) in [6, 6.07) is 5.68. The van der Waals surface area contributed by atoms with Crippen molar-refractivity contribution >= 4 is 52.2 Å². The number of carbonyl (C=O) groups is 3. The van der Waals surface area contributed by atoms with Gasteiger partial charge >= 0.3 is 5.97 Å². The topological polar surface area (TPSA) is 86.7 Å². The first-order valence-electron chi connectivity index (χ1n) is 8.04. The van der Waals surface area contributed by atoms with Crippen LogP contribution < -0.4 is 5.32 Å². The fraction of sp³-hybridized carbons (Fsp3) is 0.333. The second-order valence-corrected chi connectivity index (χ2v) is 8.03. The van der Waals surface area contributed by atoms with Crippen molar-refractivity contribution in [1.29, 1.82) is 0 Å². The summed E-state index contributed by atoms with van der Waals surface area (Å²) in [4.78, 5) is 37.5. The molecule has 6 nitrogen and oxygen atoms in total. The Kier molecular flexibility index (Phi) is 6.55. The molecule has 0 aromatic heterocycles. The van der Waals surface area contributed by atoms with Crippen molar-refractivity contribution in [2.45, 2.75) is 26.3 Å². The average molecular weight is 393 g/mol. The van der Waals surface area contributed by atoms with E-state index < -0.39 is 17.9 Å². The molecule has 0 spiro atoms. The van der Waals surface area contributed by atoms with Crippen molar-refractivity contribution in [1.82, 2.24) is 10.2 Å². The van der Waals surface area contributed by atoms with Crippen LogP contribution in [-0.4, -0.2) is 45.2 Å². The van der Waals surface area contributed by atoms with Crippen LogP contribution in [0.1, 0.15) is 36.2 Å². The van der Waals surface area contributed by atoms with E-state index in [-0.39, 0.29) is 11.8 Å². The second-order valence-electron chi connectivity index (χ2n) is 6.36. The maximum absolute atomic E-state index is 12.3. The van der Waals surface area contributed by atoms with Crippen LogP contribution in [0.25, 0.3) is 6.08 Å². The highest BCUT2D eigenvalue weighted by atomic mass is 32.2. The highest BCUT2D eigenvalue weighted by Gasteiger charge is 2.28. The summed E-state index contributed by atoms with van der Waals surface area (Å²) in [5.74, 6) is -1.49. The summed E-state index contributed by atoms with van der Waals surface area (Å²) in [7, 11) is 1.63. The van der Waals surface area contributed by atoms with E-state index in [2.05, 4.69) is 5.32 Å². The van der Waals surface area contributed by atoms with Gasteiger partial charge in [-0.25, -0.2) is 4.79 Å². The lowest BCUT2D eigenvalue weighted by Gasteiger charge is -2.16. The van der Waals surface area contributed by atoms with Crippen LogP contribution in [0.15, 0.2) is 29.2 Å². The number of hydrogen-bond donors (Lipinski definition) is 2. The molecule has 1 aromatic carbocycles. The number of amides is 2. The van der Waals surface area contributed by atoms with E-state index in [1.54, 1.807) is 37.4 Å². The average Bonchev–Trinajstić information content (AvgIpc) is 2.81. The number of thioether (sulfide) groups is 1. The normalized spacial score (nSPS) is 17.1. The molecule has 1 aromatic rings. The summed E-state index contributed by atoms with van der Waals surface area (Å²) in [5, 5.41) is 11.8. The monoisotopic (exact) mass is 392 g/mol. The lowest BCUT2D eigenvalue weighted by atomic mass is 10.0. The predicted molar refractivity (Wildman–Crippen MR) is 106 cm³/mol. The Morgan fingerprint density at radius 2 is 1.92 bits per heavy atom. The molecule has 1 heterocycles. The Labute approximate surface area is 161 Å². The number of benzene rings is 1. The zero-order valence-corrected chi connectivity index (χ0v) is 16.3. The highest BCUT2D eigenvalue weighted by molar-refractivity contribution is 8.26. The smallest absolute Gasteiger partial charge is 0.326 e. The largest absolute Gasteiger partial charge is 0.480 e. The van der Waals surface area contributed by atoms with E-state index >= 15 is 0 Å². The molecule has 1 aliphatic rings. The molecule has 1 fully saturated rings. The molecule has 2 N–H and O–H groups in total. The summed E-state index contributed by atoms with van der Waals surface area (Å²) in [6.07, 6.45) is 2.07. The van der Waals surface area contributed by atoms with Gasteiger partial charge in [-0.05, 0) is 36.1 Å². The number of carbonyl (C=O) groups excluding carboxylic acids is 2. The molecule has 8 heteroatoms. The SMILES string of the molecule is CC(C)C[C@H](NC(=O)c1ccc(/C=C2/SC(=S)N(C)C2=O)cc1)C(=O)O. The minimum Gasteiger partial charge on any atom is -0.480 e. The molecule has 1 saturated heterocycles. The third-order valence-corrected chi connectivity index (χ3v) is 5.25. The standard InChI is InChI=1S/C18H20N2O4S2/c1-10(2)8-13(17(23)24)19-15(21)12-6-4-11(5-7-12)9-14-16(22)20(3)18(25)26-14/h4-7,9-10,13H,8H2,1-3H3,(H,19,21)(H,23,24)/b14-9+/t13-/m0/s1. The Bertz CT molecular complexity index is 772. The fourth-order valence-corrected chi connectivity index (χ4v) is 3.54. The van der Waals surface area contributed by atoms with Crippen molar-refractivity contribution in [2.75, 3.05) is 7.05 Å². The van der Waals surface area contributed by atoms with E-state index in [9.17, 15) is 19.5 Å². The molecule has 0 aliphatic carbocycles. The Hall–Kier alpha value is -2.19. The summed E-state index contributed by atoms with van der Waals surface area (Å²) < 4.78 is 0.502. The van der Waals surface area contributed by atoms with Crippen molar-refractivity contribution in [3.8, 4) is 0 Å². The molecule has 138 valence electrons. The van der Waals surface area contributed by atoms with Crippen molar-refractivity contribution < 1.29 is 19.5 Å². The van der Waals surface area contributed by atoms with Crippen molar-refractivity contribution in [3.05, 3.63) is 40.3 Å². The molecule has 1 aliphatic heterocycles. The van der Waals surface area contributed by atoms with E-state index in [0.29, 0.717) is 21.2 Å². The number of nitrogens with zero attached hydrogens (tertiary/aromatic N) is 1. The maximum Gasteiger partial charge on any atom is 0.326 e. The number of rotatable bonds is 6. The van der Waals surface area contributed by atoms with E-state index in [1.807, 2.05) is 13.8 Å². The summed E-state index contributed by atoms with van der Waals surface area (Å²) in [6.45, 7) is 3.80. The van der Waals surface area contributed by atoms with Crippen molar-refractivity contribution in [2.24, 2.45) is 5.92 Å². The van der Waals surface area contributed by atoms with Gasteiger partial charge in [0, 0.05) is 12.6 Å². The zero-order chi connectivity index (χ0) is 19.4. The minimum absolute atomic E-state index is 0.149. The van der Waals surface area contributed by atoms with Crippen LogP contribution in [0.3, 0.4) is 0 Å². The number of likely N-dealkylation sites (N-methyl/N-ethyl adjacent to an activating group) is 1. The van der Waals surface area contributed by atoms with Gasteiger partial charge in [-0.2, -0.15) is 0 Å². The van der Waals surface area contributed by atoms with E-state index in [4.69, 9.17) is 12.2 Å². The number of carboxylic acids is 1. The molecule has 2 rings (SSSR count). The van der Waals surface area contributed by atoms with Gasteiger partial charge < -0.3 is 10.4 Å². The number of aliphatic carboxylic acids is 1. The maximum atomic E-state index is 12.3. The first kappa shape index (κ1) is 20.1.